The standard InChI is InChI=1S/C23H23ClN4O4S/c1-3-18-22(23-26-20(29)10-11-21(30)28(23)27-18)15-9-8-14(2)19(12-15)33(31,32)25-13-16-6-4-5-7-17(16)24/h4-9,12,25H,3,10-11,13H2,1-2H3,(H,26,29). The van der Waals surface area contributed by atoms with Crippen molar-refractivity contribution >= 4 is 39.3 Å². The van der Waals surface area contributed by atoms with Crippen LogP contribution in [0.2, 0.25) is 5.02 Å². The Morgan fingerprint density at radius 1 is 1.15 bits per heavy atom. The zero-order valence-electron chi connectivity index (χ0n) is 18.2. The molecule has 0 saturated heterocycles. The highest BCUT2D eigenvalue weighted by Crippen LogP contribution is 2.35. The van der Waals surface area contributed by atoms with E-state index in [4.69, 9.17) is 11.6 Å². The van der Waals surface area contributed by atoms with Gasteiger partial charge in [0.2, 0.25) is 21.8 Å². The van der Waals surface area contributed by atoms with Crippen molar-refractivity contribution in [3.63, 3.8) is 0 Å². The molecule has 2 heterocycles. The van der Waals surface area contributed by atoms with Crippen LogP contribution in [0, 0.1) is 6.92 Å². The van der Waals surface area contributed by atoms with Gasteiger partial charge >= 0.3 is 0 Å². The Morgan fingerprint density at radius 2 is 1.91 bits per heavy atom. The molecule has 0 atom stereocenters. The number of benzene rings is 2. The van der Waals surface area contributed by atoms with Crippen LogP contribution in [-0.4, -0.2) is 30.0 Å². The van der Waals surface area contributed by atoms with Crippen LogP contribution in [0.1, 0.15) is 41.4 Å². The Bertz CT molecular complexity index is 1360. The second kappa shape index (κ2) is 9.09. The van der Waals surface area contributed by atoms with Crippen LogP contribution in [0.3, 0.4) is 0 Å². The largest absolute Gasteiger partial charge is 0.310 e. The van der Waals surface area contributed by atoms with E-state index in [0.717, 1.165) is 0 Å². The zero-order chi connectivity index (χ0) is 23.8. The highest BCUT2D eigenvalue weighted by atomic mass is 35.5. The molecule has 0 spiro atoms. The van der Waals surface area contributed by atoms with Crippen LogP contribution in [0.25, 0.3) is 11.1 Å². The molecule has 1 aromatic heterocycles. The highest BCUT2D eigenvalue weighted by molar-refractivity contribution is 7.89. The van der Waals surface area contributed by atoms with E-state index in [0.29, 0.717) is 39.4 Å². The van der Waals surface area contributed by atoms with Crippen LogP contribution in [0.4, 0.5) is 5.82 Å². The topological polar surface area (TPSA) is 110 Å². The lowest BCUT2D eigenvalue weighted by Crippen LogP contribution is -2.24. The summed E-state index contributed by atoms with van der Waals surface area (Å²) in [5.41, 5.74) is 2.90. The fourth-order valence-electron chi connectivity index (χ4n) is 3.77. The Kier molecular flexibility index (Phi) is 6.38. The highest BCUT2D eigenvalue weighted by Gasteiger charge is 2.28. The summed E-state index contributed by atoms with van der Waals surface area (Å²) in [7, 11) is -3.88. The lowest BCUT2D eigenvalue weighted by molar-refractivity contribution is -0.116. The molecule has 172 valence electrons. The summed E-state index contributed by atoms with van der Waals surface area (Å²) in [5, 5.41) is 7.63. The van der Waals surface area contributed by atoms with Crippen molar-refractivity contribution in [2.45, 2.75) is 44.6 Å². The van der Waals surface area contributed by atoms with Crippen molar-refractivity contribution in [1.82, 2.24) is 14.5 Å². The summed E-state index contributed by atoms with van der Waals surface area (Å²) < 4.78 is 30.1. The van der Waals surface area contributed by atoms with E-state index >= 15 is 0 Å². The molecule has 1 aliphatic rings. The van der Waals surface area contributed by atoms with E-state index in [-0.39, 0.29) is 41.9 Å². The maximum Gasteiger partial charge on any atom is 0.249 e. The summed E-state index contributed by atoms with van der Waals surface area (Å²) in [5.74, 6) is -0.298. The third-order valence-electron chi connectivity index (χ3n) is 5.53. The van der Waals surface area contributed by atoms with Crippen LogP contribution in [0.5, 0.6) is 0 Å². The lowest BCUT2D eigenvalue weighted by Gasteiger charge is -2.13. The van der Waals surface area contributed by atoms with Crippen molar-refractivity contribution in [1.29, 1.82) is 0 Å². The molecule has 0 radical (unpaired) electrons. The molecular weight excluding hydrogens is 464 g/mol. The van der Waals surface area contributed by atoms with E-state index in [1.807, 2.05) is 6.92 Å². The molecule has 0 bridgehead atoms. The quantitative estimate of drug-likeness (QED) is 0.548. The minimum atomic E-state index is -3.88. The number of carbonyl (C=O) groups excluding carboxylic acids is 2. The van der Waals surface area contributed by atoms with Crippen molar-refractivity contribution in [2.24, 2.45) is 0 Å². The first-order chi connectivity index (χ1) is 15.7. The first-order valence-corrected chi connectivity index (χ1v) is 12.4. The maximum absolute atomic E-state index is 13.2. The van der Waals surface area contributed by atoms with Gasteiger partial charge in [0, 0.05) is 30.0 Å². The molecule has 0 saturated carbocycles. The van der Waals surface area contributed by atoms with Gasteiger partial charge in [-0.25, -0.2) is 13.1 Å². The number of nitrogens with zero attached hydrogens (tertiary/aromatic N) is 2. The number of hydrogen-bond donors (Lipinski definition) is 2. The number of carbonyl (C=O) groups is 2. The van der Waals surface area contributed by atoms with Gasteiger partial charge in [0.25, 0.3) is 0 Å². The van der Waals surface area contributed by atoms with E-state index < -0.39 is 10.0 Å². The number of rotatable bonds is 6. The van der Waals surface area contributed by atoms with Crippen molar-refractivity contribution in [3.8, 4) is 11.1 Å². The summed E-state index contributed by atoms with van der Waals surface area (Å²) >= 11 is 6.15. The Morgan fingerprint density at radius 3 is 2.64 bits per heavy atom. The monoisotopic (exact) mass is 486 g/mol. The normalized spacial score (nSPS) is 14.0. The molecule has 3 aromatic rings. The predicted octanol–water partition coefficient (Wildman–Crippen LogP) is 3.93. The van der Waals surface area contributed by atoms with Gasteiger partial charge in [-0.2, -0.15) is 9.78 Å². The third kappa shape index (κ3) is 4.57. The van der Waals surface area contributed by atoms with E-state index in [1.165, 1.54) is 4.68 Å². The molecule has 2 N–H and O–H groups in total. The number of aromatic nitrogens is 2. The average Bonchev–Trinajstić information content (AvgIpc) is 3.08. The number of fused-ring (bicyclic) bond motifs is 1. The molecule has 0 unspecified atom stereocenters. The minimum absolute atomic E-state index is 0.0413. The Balaban J connectivity index is 1.76. The molecule has 33 heavy (non-hydrogen) atoms. The first kappa shape index (κ1) is 23.2. The van der Waals surface area contributed by atoms with Gasteiger partial charge in [-0.15, -0.1) is 0 Å². The van der Waals surface area contributed by atoms with Gasteiger partial charge in [0.15, 0.2) is 0 Å². The molecule has 4 rings (SSSR count). The van der Waals surface area contributed by atoms with Crippen molar-refractivity contribution < 1.29 is 18.0 Å². The van der Waals surface area contributed by atoms with Gasteiger partial charge < -0.3 is 5.32 Å². The molecule has 2 aromatic carbocycles. The van der Waals surface area contributed by atoms with Gasteiger partial charge in [-0.3, -0.25) is 9.59 Å². The second-order valence-electron chi connectivity index (χ2n) is 7.77. The summed E-state index contributed by atoms with van der Waals surface area (Å²) in [4.78, 5) is 24.8. The fraction of sp³-hybridized carbons (Fsp3) is 0.261. The average molecular weight is 487 g/mol. The molecule has 1 aliphatic heterocycles. The van der Waals surface area contributed by atoms with Gasteiger partial charge in [0.05, 0.1) is 10.6 Å². The number of sulfonamides is 1. The maximum atomic E-state index is 13.2. The molecule has 10 heteroatoms. The predicted molar refractivity (Wildman–Crippen MR) is 126 cm³/mol. The van der Waals surface area contributed by atoms with Crippen LogP contribution < -0.4 is 10.0 Å². The summed E-state index contributed by atoms with van der Waals surface area (Å²) in [6, 6.07) is 12.0. The minimum Gasteiger partial charge on any atom is -0.310 e. The molecule has 0 fully saturated rings. The number of amides is 1. The van der Waals surface area contributed by atoms with Gasteiger partial charge in [0.1, 0.15) is 5.82 Å². The second-order valence-corrected chi connectivity index (χ2v) is 9.92. The summed E-state index contributed by atoms with van der Waals surface area (Å²) in [6.07, 6.45) is 0.629. The Hall–Kier alpha value is -3.01. The third-order valence-corrected chi connectivity index (χ3v) is 7.44. The van der Waals surface area contributed by atoms with Gasteiger partial charge in [-0.1, -0.05) is 48.9 Å². The number of anilines is 1. The number of hydrogen-bond acceptors (Lipinski definition) is 5. The number of halogens is 1. The molecule has 1 amide bonds. The molecule has 0 aliphatic carbocycles. The van der Waals surface area contributed by atoms with Crippen LogP contribution in [0.15, 0.2) is 47.4 Å². The van der Waals surface area contributed by atoms with Crippen LogP contribution >= 0.6 is 11.6 Å². The first-order valence-electron chi connectivity index (χ1n) is 10.5. The van der Waals surface area contributed by atoms with E-state index in [9.17, 15) is 18.0 Å². The van der Waals surface area contributed by atoms with E-state index in [1.54, 1.807) is 49.4 Å². The SMILES string of the molecule is CCc1nn2c(c1-c1ccc(C)c(S(=O)(=O)NCc3ccccc3Cl)c1)NC(=O)CCC2=O. The molecule has 8 nitrogen and oxygen atoms in total. The van der Waals surface area contributed by atoms with Crippen molar-refractivity contribution in [2.75, 3.05) is 5.32 Å². The number of aryl methyl sites for hydroxylation is 2. The van der Waals surface area contributed by atoms with E-state index in [2.05, 4.69) is 15.1 Å². The lowest BCUT2D eigenvalue weighted by atomic mass is 10.0. The Labute approximate surface area is 197 Å². The zero-order valence-corrected chi connectivity index (χ0v) is 19.8. The smallest absolute Gasteiger partial charge is 0.249 e. The van der Waals surface area contributed by atoms with Crippen LogP contribution in [-0.2, 0) is 27.8 Å². The summed E-state index contributed by atoms with van der Waals surface area (Å²) in [6.45, 7) is 3.63. The van der Waals surface area contributed by atoms with Crippen molar-refractivity contribution in [3.05, 3.63) is 64.3 Å². The molecular formula is C23H23ClN4O4S. The fourth-order valence-corrected chi connectivity index (χ4v) is 5.25. The number of nitrogens with one attached hydrogen (secondary N) is 2. The van der Waals surface area contributed by atoms with Gasteiger partial charge in [-0.05, 0) is 42.2 Å².